The van der Waals surface area contributed by atoms with Crippen molar-refractivity contribution in [3.63, 3.8) is 0 Å². The van der Waals surface area contributed by atoms with Crippen LogP contribution in [0.4, 0.5) is 0 Å². The molecule has 3 aromatic rings. The first-order valence-electron chi connectivity index (χ1n) is 7.83. The highest BCUT2D eigenvalue weighted by molar-refractivity contribution is 9.10. The van der Waals surface area contributed by atoms with Crippen LogP contribution in [0.15, 0.2) is 67.1 Å². The number of carbonyl (C=O) groups excluding carboxylic acids is 2. The highest BCUT2D eigenvalue weighted by Gasteiger charge is 2.15. The predicted octanol–water partition coefficient (Wildman–Crippen LogP) is 3.49. The Balaban J connectivity index is 1.82. The molecule has 0 atom stereocenters. The zero-order valence-corrected chi connectivity index (χ0v) is 16.3. The van der Waals surface area contributed by atoms with Gasteiger partial charge in [-0.15, -0.1) is 11.8 Å². The van der Waals surface area contributed by atoms with Gasteiger partial charge in [0.2, 0.25) is 5.91 Å². The summed E-state index contributed by atoms with van der Waals surface area (Å²) in [4.78, 5) is 35.8. The molecule has 0 aliphatic heterocycles. The Morgan fingerprint density at radius 2 is 1.93 bits per heavy atom. The van der Waals surface area contributed by atoms with Crippen molar-refractivity contribution in [2.45, 2.75) is 11.5 Å². The van der Waals surface area contributed by atoms with Gasteiger partial charge in [-0.1, -0.05) is 28.1 Å². The van der Waals surface area contributed by atoms with Crippen molar-refractivity contribution in [3.05, 3.63) is 74.6 Å². The van der Waals surface area contributed by atoms with Gasteiger partial charge in [0.15, 0.2) is 0 Å². The summed E-state index contributed by atoms with van der Waals surface area (Å²) in [6.07, 6.45) is 0. The van der Waals surface area contributed by atoms with Crippen LogP contribution in [0.3, 0.4) is 0 Å². The number of primary amides is 1. The summed E-state index contributed by atoms with van der Waals surface area (Å²) in [5.74, 6) is -0.971. The van der Waals surface area contributed by atoms with E-state index in [1.54, 1.807) is 36.4 Å². The van der Waals surface area contributed by atoms with Gasteiger partial charge in [0, 0.05) is 26.4 Å². The fourth-order valence-corrected chi connectivity index (χ4v) is 3.57. The zero-order chi connectivity index (χ0) is 19.4. The van der Waals surface area contributed by atoms with Crippen LogP contribution in [0, 0.1) is 0 Å². The molecule has 6 nitrogen and oxygen atoms in total. The lowest BCUT2D eigenvalue weighted by atomic mass is 10.1. The number of rotatable bonds is 6. The van der Waals surface area contributed by atoms with E-state index >= 15 is 0 Å². The van der Waals surface area contributed by atoms with Crippen molar-refractivity contribution in [3.8, 4) is 0 Å². The molecule has 0 spiro atoms. The Morgan fingerprint density at radius 3 is 2.70 bits per heavy atom. The van der Waals surface area contributed by atoms with Crippen LogP contribution < -0.4 is 11.4 Å². The third-order valence-electron chi connectivity index (χ3n) is 3.63. The van der Waals surface area contributed by atoms with E-state index in [0.717, 1.165) is 4.47 Å². The minimum Gasteiger partial charge on any atom is -0.457 e. The predicted molar refractivity (Wildman–Crippen MR) is 106 cm³/mol. The summed E-state index contributed by atoms with van der Waals surface area (Å²) in [5.41, 5.74) is 5.92. The number of halogens is 1. The topological polar surface area (TPSA) is 99.6 Å². The van der Waals surface area contributed by atoms with E-state index in [-0.39, 0.29) is 12.4 Å². The van der Waals surface area contributed by atoms with Gasteiger partial charge >= 0.3 is 11.6 Å². The molecule has 0 bridgehead atoms. The quantitative estimate of drug-likeness (QED) is 0.352. The summed E-state index contributed by atoms with van der Waals surface area (Å²) >= 11 is 4.49. The SMILES string of the molecule is NC(=O)CSc1ccccc1C(=O)OCc1cc(=O)oc2cc(Br)ccc12. The Morgan fingerprint density at radius 1 is 1.15 bits per heavy atom. The van der Waals surface area contributed by atoms with E-state index in [0.29, 0.717) is 27.0 Å². The molecule has 0 saturated heterocycles. The van der Waals surface area contributed by atoms with Gasteiger partial charge in [-0.3, -0.25) is 4.79 Å². The molecule has 8 heteroatoms. The molecule has 1 heterocycles. The number of benzene rings is 2. The lowest BCUT2D eigenvalue weighted by molar-refractivity contribution is -0.115. The smallest absolute Gasteiger partial charge is 0.339 e. The van der Waals surface area contributed by atoms with Gasteiger partial charge in [0.25, 0.3) is 0 Å². The van der Waals surface area contributed by atoms with E-state index in [1.807, 2.05) is 6.07 Å². The summed E-state index contributed by atoms with van der Waals surface area (Å²) in [5, 5.41) is 0.682. The molecule has 2 aromatic carbocycles. The van der Waals surface area contributed by atoms with Crippen LogP contribution in [-0.4, -0.2) is 17.6 Å². The Bertz CT molecular complexity index is 1080. The molecule has 1 aromatic heterocycles. The maximum Gasteiger partial charge on any atom is 0.339 e. The van der Waals surface area contributed by atoms with Crippen molar-refractivity contribution in [1.82, 2.24) is 0 Å². The van der Waals surface area contributed by atoms with Gasteiger partial charge in [-0.25, -0.2) is 9.59 Å². The molecule has 0 aliphatic rings. The minimum absolute atomic E-state index is 0.0591. The molecule has 138 valence electrons. The molecule has 1 amide bonds. The van der Waals surface area contributed by atoms with Crippen LogP contribution in [0.5, 0.6) is 0 Å². The fourth-order valence-electron chi connectivity index (χ4n) is 2.45. The average molecular weight is 448 g/mol. The second-order valence-electron chi connectivity index (χ2n) is 5.56. The number of esters is 1. The third kappa shape index (κ3) is 4.78. The van der Waals surface area contributed by atoms with Crippen LogP contribution in [0.25, 0.3) is 11.0 Å². The van der Waals surface area contributed by atoms with Gasteiger partial charge in [0.05, 0.1) is 11.3 Å². The van der Waals surface area contributed by atoms with E-state index in [4.69, 9.17) is 14.9 Å². The van der Waals surface area contributed by atoms with E-state index in [2.05, 4.69) is 15.9 Å². The van der Waals surface area contributed by atoms with Gasteiger partial charge in [-0.05, 0) is 30.3 Å². The Kier molecular flexibility index (Phi) is 5.98. The van der Waals surface area contributed by atoms with Crippen molar-refractivity contribution >= 4 is 50.5 Å². The van der Waals surface area contributed by atoms with E-state index < -0.39 is 17.5 Å². The standard InChI is InChI=1S/C19H14BrNO5S/c20-12-5-6-13-11(7-18(23)26-15(13)8-12)9-25-19(24)14-3-1-2-4-16(14)27-10-17(21)22/h1-8H,9-10H2,(H2,21,22). The first kappa shape index (κ1) is 19.2. The minimum atomic E-state index is -0.555. The summed E-state index contributed by atoms with van der Waals surface area (Å²) < 4.78 is 11.3. The second kappa shape index (κ2) is 8.41. The summed E-state index contributed by atoms with van der Waals surface area (Å²) in [6.45, 7) is -0.0859. The number of ether oxygens (including phenoxy) is 1. The highest BCUT2D eigenvalue weighted by Crippen LogP contribution is 2.25. The van der Waals surface area contributed by atoms with Gasteiger partial charge in [-0.2, -0.15) is 0 Å². The Hall–Kier alpha value is -2.58. The lowest BCUT2D eigenvalue weighted by Gasteiger charge is -2.10. The second-order valence-corrected chi connectivity index (χ2v) is 7.49. The zero-order valence-electron chi connectivity index (χ0n) is 13.9. The molecular weight excluding hydrogens is 434 g/mol. The molecule has 3 rings (SSSR count). The molecule has 0 aliphatic carbocycles. The number of nitrogens with two attached hydrogens (primary N) is 1. The Labute approximate surface area is 166 Å². The third-order valence-corrected chi connectivity index (χ3v) is 5.22. The van der Waals surface area contributed by atoms with Crippen LogP contribution >= 0.6 is 27.7 Å². The molecule has 0 radical (unpaired) electrons. The maximum absolute atomic E-state index is 12.5. The first-order chi connectivity index (χ1) is 12.9. The monoisotopic (exact) mass is 447 g/mol. The van der Waals surface area contributed by atoms with Crippen molar-refractivity contribution in [1.29, 1.82) is 0 Å². The normalized spacial score (nSPS) is 10.7. The number of carbonyl (C=O) groups is 2. The largest absolute Gasteiger partial charge is 0.457 e. The molecule has 27 heavy (non-hydrogen) atoms. The van der Waals surface area contributed by atoms with Crippen molar-refractivity contribution in [2.75, 3.05) is 5.75 Å². The van der Waals surface area contributed by atoms with Gasteiger partial charge < -0.3 is 14.9 Å². The molecule has 2 N–H and O–H groups in total. The molecule has 0 saturated carbocycles. The highest BCUT2D eigenvalue weighted by atomic mass is 79.9. The molecular formula is C19H14BrNO5S. The fraction of sp³-hybridized carbons (Fsp3) is 0.105. The number of amides is 1. The summed E-state index contributed by atoms with van der Waals surface area (Å²) in [7, 11) is 0. The number of fused-ring (bicyclic) bond motifs is 1. The number of hydrogen-bond donors (Lipinski definition) is 1. The maximum atomic E-state index is 12.5. The van der Waals surface area contributed by atoms with Crippen molar-refractivity contribution in [2.24, 2.45) is 5.73 Å². The summed E-state index contributed by atoms with van der Waals surface area (Å²) in [6, 6.07) is 13.4. The number of thioether (sulfide) groups is 1. The van der Waals surface area contributed by atoms with Crippen LogP contribution in [0.2, 0.25) is 0 Å². The van der Waals surface area contributed by atoms with Crippen molar-refractivity contribution < 1.29 is 18.7 Å². The first-order valence-corrected chi connectivity index (χ1v) is 9.61. The van der Waals surface area contributed by atoms with E-state index in [9.17, 15) is 14.4 Å². The number of hydrogen-bond acceptors (Lipinski definition) is 6. The van der Waals surface area contributed by atoms with E-state index in [1.165, 1.54) is 17.8 Å². The lowest BCUT2D eigenvalue weighted by Crippen LogP contribution is -2.14. The van der Waals surface area contributed by atoms with Crippen LogP contribution in [0.1, 0.15) is 15.9 Å². The molecule has 0 unspecified atom stereocenters. The molecule has 0 fully saturated rings. The average Bonchev–Trinajstić information content (AvgIpc) is 2.63. The van der Waals surface area contributed by atoms with Gasteiger partial charge in [0.1, 0.15) is 12.2 Å². The van der Waals surface area contributed by atoms with Crippen LogP contribution in [-0.2, 0) is 16.1 Å².